The zero-order valence-corrected chi connectivity index (χ0v) is 12.8. The number of rotatable bonds is 11. The fraction of sp³-hybridized carbons (Fsp3) is 1.00. The Kier molecular flexibility index (Phi) is 9.64. The van der Waals surface area contributed by atoms with Crippen molar-refractivity contribution in [2.24, 2.45) is 5.73 Å². The van der Waals surface area contributed by atoms with Gasteiger partial charge in [-0.2, -0.15) is 0 Å². The Hall–Kier alpha value is -0.160. The third-order valence-corrected chi connectivity index (χ3v) is 3.57. The van der Waals surface area contributed by atoms with Crippen LogP contribution in [0.4, 0.5) is 0 Å². The lowest BCUT2D eigenvalue weighted by Gasteiger charge is -2.28. The van der Waals surface area contributed by atoms with E-state index in [1.807, 2.05) is 6.92 Å². The fourth-order valence-electron chi connectivity index (χ4n) is 2.02. The van der Waals surface area contributed by atoms with Crippen molar-refractivity contribution in [1.82, 2.24) is 9.80 Å². The number of hydrogen-bond donors (Lipinski definition) is 2. The van der Waals surface area contributed by atoms with Crippen LogP contribution in [0.2, 0.25) is 0 Å². The monoisotopic (exact) mass is 259 g/mol. The van der Waals surface area contributed by atoms with Crippen molar-refractivity contribution in [2.75, 3.05) is 46.9 Å². The molecule has 0 aliphatic heterocycles. The summed E-state index contributed by atoms with van der Waals surface area (Å²) in [4.78, 5) is 4.71. The van der Waals surface area contributed by atoms with Crippen LogP contribution in [-0.2, 0) is 0 Å². The second-order valence-electron chi connectivity index (χ2n) is 5.62. The number of hydrogen-bond acceptors (Lipinski definition) is 4. The number of aliphatic hydroxyl groups excluding tert-OH is 1. The predicted octanol–water partition coefficient (Wildman–Crippen LogP) is 1.14. The molecular formula is C14H33N3O. The lowest BCUT2D eigenvalue weighted by Crippen LogP contribution is -2.43. The third kappa shape index (κ3) is 8.03. The number of nitrogens with zero attached hydrogens (tertiary/aromatic N) is 2. The Morgan fingerprint density at radius 2 is 1.72 bits per heavy atom. The summed E-state index contributed by atoms with van der Waals surface area (Å²) in [6.45, 7) is 8.80. The van der Waals surface area contributed by atoms with Gasteiger partial charge in [-0.25, -0.2) is 0 Å². The highest BCUT2D eigenvalue weighted by Crippen LogP contribution is 2.13. The minimum absolute atomic E-state index is 0.0922. The molecule has 110 valence electrons. The Morgan fingerprint density at radius 3 is 2.17 bits per heavy atom. The van der Waals surface area contributed by atoms with Crippen molar-refractivity contribution in [3.63, 3.8) is 0 Å². The molecule has 0 heterocycles. The SMILES string of the molecule is CCCN(CCCC(N)(CC)CO)CCN(C)C. The maximum Gasteiger partial charge on any atom is 0.0611 e. The lowest BCUT2D eigenvalue weighted by molar-refractivity contribution is 0.169. The Bertz CT molecular complexity index is 193. The maximum atomic E-state index is 9.28. The summed E-state index contributed by atoms with van der Waals surface area (Å²) in [5.41, 5.74) is 5.73. The van der Waals surface area contributed by atoms with Gasteiger partial charge >= 0.3 is 0 Å². The molecule has 0 rings (SSSR count). The first kappa shape index (κ1) is 17.8. The molecule has 1 unspecified atom stereocenters. The molecule has 0 saturated carbocycles. The highest BCUT2D eigenvalue weighted by Gasteiger charge is 2.21. The van der Waals surface area contributed by atoms with Gasteiger partial charge in [0.2, 0.25) is 0 Å². The average molecular weight is 259 g/mol. The van der Waals surface area contributed by atoms with E-state index in [-0.39, 0.29) is 12.1 Å². The van der Waals surface area contributed by atoms with Crippen LogP contribution in [0, 0.1) is 0 Å². The molecule has 0 aromatic heterocycles. The first-order valence-corrected chi connectivity index (χ1v) is 7.24. The summed E-state index contributed by atoms with van der Waals surface area (Å²) in [6.07, 6.45) is 4.00. The van der Waals surface area contributed by atoms with E-state index in [4.69, 9.17) is 5.73 Å². The molecule has 0 saturated heterocycles. The topological polar surface area (TPSA) is 52.7 Å². The van der Waals surface area contributed by atoms with Gasteiger partial charge in [0, 0.05) is 18.6 Å². The molecule has 4 nitrogen and oxygen atoms in total. The van der Waals surface area contributed by atoms with Crippen LogP contribution in [0.15, 0.2) is 0 Å². The molecule has 3 N–H and O–H groups in total. The van der Waals surface area contributed by atoms with Gasteiger partial charge in [0.1, 0.15) is 0 Å². The molecule has 4 heteroatoms. The number of nitrogens with two attached hydrogens (primary N) is 1. The zero-order valence-electron chi connectivity index (χ0n) is 12.8. The van der Waals surface area contributed by atoms with Gasteiger partial charge in [-0.15, -0.1) is 0 Å². The number of aliphatic hydroxyl groups is 1. The highest BCUT2D eigenvalue weighted by atomic mass is 16.3. The molecule has 0 amide bonds. The van der Waals surface area contributed by atoms with E-state index in [9.17, 15) is 5.11 Å². The van der Waals surface area contributed by atoms with Crippen molar-refractivity contribution in [3.05, 3.63) is 0 Å². The summed E-state index contributed by atoms with van der Waals surface area (Å²) in [6, 6.07) is 0. The Labute approximate surface area is 113 Å². The van der Waals surface area contributed by atoms with Crippen LogP contribution in [0.5, 0.6) is 0 Å². The van der Waals surface area contributed by atoms with E-state index in [0.29, 0.717) is 0 Å². The first-order valence-electron chi connectivity index (χ1n) is 7.24. The summed E-state index contributed by atoms with van der Waals surface area (Å²) in [5.74, 6) is 0. The maximum absolute atomic E-state index is 9.28. The molecule has 18 heavy (non-hydrogen) atoms. The smallest absolute Gasteiger partial charge is 0.0611 e. The van der Waals surface area contributed by atoms with Gasteiger partial charge in [0.15, 0.2) is 0 Å². The van der Waals surface area contributed by atoms with Gasteiger partial charge in [-0.3, -0.25) is 0 Å². The number of likely N-dealkylation sites (N-methyl/N-ethyl adjacent to an activating group) is 1. The summed E-state index contributed by atoms with van der Waals surface area (Å²) in [5, 5.41) is 9.28. The van der Waals surface area contributed by atoms with Crippen LogP contribution in [0.25, 0.3) is 0 Å². The first-order chi connectivity index (χ1) is 8.47. The minimum atomic E-state index is -0.376. The van der Waals surface area contributed by atoms with Crippen LogP contribution in [0.3, 0.4) is 0 Å². The standard InChI is InChI=1S/C14H33N3O/c1-5-9-17(12-11-16(3)4)10-7-8-14(15,6-2)13-18/h18H,5-13,15H2,1-4H3. The van der Waals surface area contributed by atoms with E-state index < -0.39 is 0 Å². The van der Waals surface area contributed by atoms with Crippen LogP contribution in [-0.4, -0.2) is 67.3 Å². The van der Waals surface area contributed by atoms with E-state index in [1.54, 1.807) is 0 Å². The molecule has 0 aromatic rings. The summed E-state index contributed by atoms with van der Waals surface area (Å²) >= 11 is 0. The second-order valence-corrected chi connectivity index (χ2v) is 5.62. The summed E-state index contributed by atoms with van der Waals surface area (Å²) < 4.78 is 0. The zero-order chi connectivity index (χ0) is 14.0. The molecule has 0 fully saturated rings. The Morgan fingerprint density at radius 1 is 1.06 bits per heavy atom. The molecule has 0 aromatic carbocycles. The van der Waals surface area contributed by atoms with Crippen molar-refractivity contribution in [1.29, 1.82) is 0 Å². The second kappa shape index (κ2) is 9.73. The van der Waals surface area contributed by atoms with Gasteiger partial charge < -0.3 is 20.6 Å². The van der Waals surface area contributed by atoms with Gasteiger partial charge in [0.05, 0.1) is 6.61 Å². The van der Waals surface area contributed by atoms with Crippen molar-refractivity contribution >= 4 is 0 Å². The lowest BCUT2D eigenvalue weighted by atomic mass is 9.92. The van der Waals surface area contributed by atoms with Crippen molar-refractivity contribution < 1.29 is 5.11 Å². The Balaban J connectivity index is 3.95. The van der Waals surface area contributed by atoms with E-state index in [0.717, 1.165) is 45.4 Å². The molecule has 1 atom stereocenters. The highest BCUT2D eigenvalue weighted by molar-refractivity contribution is 4.81. The van der Waals surface area contributed by atoms with Crippen LogP contribution < -0.4 is 5.73 Å². The normalized spacial score (nSPS) is 15.3. The largest absolute Gasteiger partial charge is 0.394 e. The third-order valence-electron chi connectivity index (χ3n) is 3.57. The quantitative estimate of drug-likeness (QED) is 0.584. The summed E-state index contributed by atoms with van der Waals surface area (Å²) in [7, 11) is 4.22. The van der Waals surface area contributed by atoms with Crippen LogP contribution in [0.1, 0.15) is 39.5 Å². The van der Waals surface area contributed by atoms with Crippen LogP contribution >= 0.6 is 0 Å². The molecule has 0 radical (unpaired) electrons. The molecular weight excluding hydrogens is 226 g/mol. The predicted molar refractivity (Wildman–Crippen MR) is 78.8 cm³/mol. The van der Waals surface area contributed by atoms with Crippen molar-refractivity contribution in [3.8, 4) is 0 Å². The minimum Gasteiger partial charge on any atom is -0.394 e. The molecule has 0 bridgehead atoms. The van der Waals surface area contributed by atoms with Gasteiger partial charge in [0.25, 0.3) is 0 Å². The van der Waals surface area contributed by atoms with E-state index in [2.05, 4.69) is 30.8 Å². The van der Waals surface area contributed by atoms with E-state index >= 15 is 0 Å². The fourth-order valence-corrected chi connectivity index (χ4v) is 2.02. The van der Waals surface area contributed by atoms with E-state index in [1.165, 1.54) is 6.42 Å². The molecule has 0 aliphatic rings. The van der Waals surface area contributed by atoms with Gasteiger partial charge in [-0.1, -0.05) is 13.8 Å². The van der Waals surface area contributed by atoms with Crippen molar-refractivity contribution in [2.45, 2.75) is 45.1 Å². The molecule has 0 aliphatic carbocycles. The van der Waals surface area contributed by atoms with Gasteiger partial charge in [-0.05, 0) is 52.9 Å². The molecule has 0 spiro atoms. The average Bonchev–Trinajstić information content (AvgIpc) is 2.35.